The Morgan fingerprint density at radius 1 is 1.09 bits per heavy atom. The molecule has 0 amide bonds. The summed E-state index contributed by atoms with van der Waals surface area (Å²) in [5.41, 5.74) is 0.461. The van der Waals surface area contributed by atoms with E-state index in [0.29, 0.717) is 32.3 Å². The van der Waals surface area contributed by atoms with Crippen LogP contribution < -0.4 is 15.6 Å². The molecule has 186 valence electrons. The van der Waals surface area contributed by atoms with Gasteiger partial charge in [0.25, 0.3) is 5.56 Å². The largest absolute Gasteiger partial charge is 0.495 e. The molecule has 1 heterocycles. The SMILES string of the molecule is C=C(C)C(=O)OCCSc1c(Nc2cc(OC)c(Cl)cc2Cl)[nH]n(-c2c(Cl)cc(Cl)cc2Cl)c1=O. The summed E-state index contributed by atoms with van der Waals surface area (Å²) in [5.74, 6) is 0.431. The molecule has 0 atom stereocenters. The molecular formula is C22H18Cl5N3O4S. The van der Waals surface area contributed by atoms with Gasteiger partial charge in [-0.05, 0) is 25.1 Å². The van der Waals surface area contributed by atoms with Crippen LogP contribution in [0.3, 0.4) is 0 Å². The quantitative estimate of drug-likeness (QED) is 0.116. The predicted octanol–water partition coefficient (Wildman–Crippen LogP) is 7.40. The number of carbonyl (C=O) groups excluding carboxylic acids is 1. The number of aromatic amines is 1. The van der Waals surface area contributed by atoms with Crippen LogP contribution in [0.25, 0.3) is 5.69 Å². The van der Waals surface area contributed by atoms with E-state index in [-0.39, 0.29) is 38.6 Å². The number of hydrogen-bond acceptors (Lipinski definition) is 6. The zero-order valence-electron chi connectivity index (χ0n) is 18.3. The lowest BCUT2D eigenvalue weighted by molar-refractivity contribution is -0.138. The fourth-order valence-corrected chi connectivity index (χ4v) is 5.18. The van der Waals surface area contributed by atoms with Crippen molar-refractivity contribution in [2.75, 3.05) is 24.8 Å². The van der Waals surface area contributed by atoms with Crippen molar-refractivity contribution >= 4 is 87.2 Å². The smallest absolute Gasteiger partial charge is 0.333 e. The molecule has 13 heteroatoms. The Morgan fingerprint density at radius 3 is 2.34 bits per heavy atom. The van der Waals surface area contributed by atoms with Crippen LogP contribution in [0.4, 0.5) is 11.5 Å². The third kappa shape index (κ3) is 6.44. The molecule has 0 fully saturated rings. The van der Waals surface area contributed by atoms with Crippen LogP contribution in [-0.2, 0) is 9.53 Å². The van der Waals surface area contributed by atoms with E-state index in [1.807, 2.05) is 0 Å². The monoisotopic (exact) mass is 595 g/mol. The molecule has 0 aliphatic rings. The number of anilines is 2. The molecule has 3 aromatic rings. The minimum atomic E-state index is -0.518. The van der Waals surface area contributed by atoms with Crippen LogP contribution in [0.1, 0.15) is 6.92 Å². The number of ether oxygens (including phenoxy) is 2. The van der Waals surface area contributed by atoms with Gasteiger partial charge >= 0.3 is 5.97 Å². The van der Waals surface area contributed by atoms with Gasteiger partial charge in [0.15, 0.2) is 0 Å². The summed E-state index contributed by atoms with van der Waals surface area (Å²) in [4.78, 5) is 25.3. The summed E-state index contributed by atoms with van der Waals surface area (Å²) < 4.78 is 11.6. The number of methoxy groups -OCH3 is 1. The van der Waals surface area contributed by atoms with Gasteiger partial charge in [-0.2, -0.15) is 0 Å². The third-order valence-electron chi connectivity index (χ3n) is 4.47. The Bertz CT molecular complexity index is 1330. The van der Waals surface area contributed by atoms with E-state index in [2.05, 4.69) is 17.0 Å². The number of nitrogens with zero attached hydrogens (tertiary/aromatic N) is 1. The molecule has 1 aromatic heterocycles. The van der Waals surface area contributed by atoms with E-state index >= 15 is 0 Å². The molecule has 0 aliphatic carbocycles. The van der Waals surface area contributed by atoms with E-state index in [1.165, 1.54) is 30.0 Å². The fraction of sp³-hybridized carbons (Fsp3) is 0.182. The first-order valence-electron chi connectivity index (χ1n) is 9.78. The summed E-state index contributed by atoms with van der Waals surface area (Å²) in [6.07, 6.45) is 0. The van der Waals surface area contributed by atoms with Gasteiger partial charge in [0.2, 0.25) is 0 Å². The van der Waals surface area contributed by atoms with Crippen LogP contribution in [0.5, 0.6) is 5.75 Å². The zero-order valence-corrected chi connectivity index (χ0v) is 22.9. The Morgan fingerprint density at radius 2 is 1.74 bits per heavy atom. The number of nitrogens with one attached hydrogen (secondary N) is 2. The van der Waals surface area contributed by atoms with Crippen molar-refractivity contribution in [3.05, 3.63) is 71.9 Å². The lowest BCUT2D eigenvalue weighted by atomic mass is 10.3. The maximum absolute atomic E-state index is 13.4. The van der Waals surface area contributed by atoms with Crippen molar-refractivity contribution in [3.8, 4) is 11.4 Å². The van der Waals surface area contributed by atoms with Gasteiger partial charge in [-0.25, -0.2) is 9.48 Å². The van der Waals surface area contributed by atoms with Crippen molar-refractivity contribution in [2.24, 2.45) is 0 Å². The minimum Gasteiger partial charge on any atom is -0.495 e. The first kappa shape index (κ1) is 27.6. The standard InChI is InChI=1S/C22H18Cl5N3O4S/c1-10(2)22(32)34-4-5-35-19-20(28-16-9-17(33-3)13(25)8-12(16)24)29-30(21(19)31)18-14(26)6-11(23)7-15(18)27/h6-9,28-29H,1,4-5H2,2-3H3. The molecule has 2 N–H and O–H groups in total. The molecule has 0 unspecified atom stereocenters. The van der Waals surface area contributed by atoms with Crippen molar-refractivity contribution in [1.29, 1.82) is 0 Å². The highest BCUT2D eigenvalue weighted by Crippen LogP contribution is 2.38. The number of halogens is 5. The number of H-pyrrole nitrogens is 1. The zero-order chi connectivity index (χ0) is 25.9. The molecule has 7 nitrogen and oxygen atoms in total. The maximum Gasteiger partial charge on any atom is 0.333 e. The number of benzene rings is 2. The van der Waals surface area contributed by atoms with E-state index in [0.717, 1.165) is 11.8 Å². The molecule has 2 aromatic carbocycles. The van der Waals surface area contributed by atoms with Crippen LogP contribution in [0, 0.1) is 0 Å². The average molecular weight is 598 g/mol. The van der Waals surface area contributed by atoms with Crippen molar-refractivity contribution in [2.45, 2.75) is 11.8 Å². The molecule has 0 spiro atoms. The van der Waals surface area contributed by atoms with Gasteiger partial charge in [-0.3, -0.25) is 9.89 Å². The van der Waals surface area contributed by atoms with Crippen molar-refractivity contribution in [3.63, 3.8) is 0 Å². The summed E-state index contributed by atoms with van der Waals surface area (Å²) >= 11 is 32.3. The summed E-state index contributed by atoms with van der Waals surface area (Å²) in [6, 6.07) is 6.03. The molecule has 0 bridgehead atoms. The summed E-state index contributed by atoms with van der Waals surface area (Å²) in [7, 11) is 1.47. The van der Waals surface area contributed by atoms with Crippen molar-refractivity contribution in [1.82, 2.24) is 9.78 Å². The van der Waals surface area contributed by atoms with E-state index in [9.17, 15) is 9.59 Å². The average Bonchev–Trinajstić information content (AvgIpc) is 3.07. The molecule has 0 radical (unpaired) electrons. The Hall–Kier alpha value is -1.94. The van der Waals surface area contributed by atoms with Gasteiger partial charge < -0.3 is 14.8 Å². The third-order valence-corrected chi connectivity index (χ3v) is 6.91. The second-order valence-electron chi connectivity index (χ2n) is 7.03. The second kappa shape index (κ2) is 11.9. The Labute approximate surface area is 230 Å². The van der Waals surface area contributed by atoms with Gasteiger partial charge in [0, 0.05) is 22.4 Å². The first-order valence-corrected chi connectivity index (χ1v) is 12.7. The molecule has 0 aliphatic heterocycles. The second-order valence-corrected chi connectivity index (χ2v) is 10.2. The molecule has 35 heavy (non-hydrogen) atoms. The maximum atomic E-state index is 13.4. The summed E-state index contributed by atoms with van der Waals surface area (Å²) in [6.45, 7) is 5.14. The molecule has 3 rings (SSSR count). The predicted molar refractivity (Wildman–Crippen MR) is 144 cm³/mol. The van der Waals surface area contributed by atoms with E-state index < -0.39 is 11.5 Å². The summed E-state index contributed by atoms with van der Waals surface area (Å²) in [5, 5.41) is 7.31. The van der Waals surface area contributed by atoms with E-state index in [4.69, 9.17) is 67.5 Å². The number of hydrogen-bond donors (Lipinski definition) is 2. The van der Waals surface area contributed by atoms with Crippen LogP contribution in [0.15, 0.2) is 46.1 Å². The van der Waals surface area contributed by atoms with Crippen LogP contribution in [0.2, 0.25) is 25.1 Å². The van der Waals surface area contributed by atoms with Crippen molar-refractivity contribution < 1.29 is 14.3 Å². The van der Waals surface area contributed by atoms with Gasteiger partial charge in [0.05, 0.1) is 32.9 Å². The Kier molecular flexibility index (Phi) is 9.37. The highest BCUT2D eigenvalue weighted by Gasteiger charge is 2.21. The number of carbonyl (C=O) groups is 1. The first-order chi connectivity index (χ1) is 16.5. The van der Waals surface area contributed by atoms with Crippen LogP contribution >= 0.6 is 69.8 Å². The number of aromatic nitrogens is 2. The van der Waals surface area contributed by atoms with Gasteiger partial charge in [-0.1, -0.05) is 64.6 Å². The van der Waals surface area contributed by atoms with Gasteiger partial charge in [-0.15, -0.1) is 11.8 Å². The Balaban J connectivity index is 2.03. The van der Waals surface area contributed by atoms with Crippen LogP contribution in [-0.4, -0.2) is 35.2 Å². The number of esters is 1. The highest BCUT2D eigenvalue weighted by molar-refractivity contribution is 7.99. The van der Waals surface area contributed by atoms with E-state index in [1.54, 1.807) is 13.0 Å². The highest BCUT2D eigenvalue weighted by atomic mass is 35.5. The molecular weight excluding hydrogens is 580 g/mol. The fourth-order valence-electron chi connectivity index (χ4n) is 2.86. The lowest BCUT2D eigenvalue weighted by Crippen LogP contribution is -2.17. The normalized spacial score (nSPS) is 10.8. The molecule has 0 saturated carbocycles. The lowest BCUT2D eigenvalue weighted by Gasteiger charge is -2.12. The topological polar surface area (TPSA) is 85.3 Å². The van der Waals surface area contributed by atoms with Gasteiger partial charge in [0.1, 0.15) is 28.8 Å². The minimum absolute atomic E-state index is 0.0540. The number of thioether (sulfide) groups is 1. The number of rotatable bonds is 9. The molecule has 0 saturated heterocycles.